The van der Waals surface area contributed by atoms with Gasteiger partial charge in [0.1, 0.15) is 11.4 Å². The van der Waals surface area contributed by atoms with E-state index in [1.807, 2.05) is 0 Å². The van der Waals surface area contributed by atoms with E-state index < -0.39 is 17.6 Å². The highest BCUT2D eigenvalue weighted by molar-refractivity contribution is 9.10. The first-order valence-corrected chi connectivity index (χ1v) is 9.32. The Bertz CT molecular complexity index is 838. The summed E-state index contributed by atoms with van der Waals surface area (Å²) in [6, 6.07) is 4.57. The van der Waals surface area contributed by atoms with Crippen LogP contribution in [0.15, 0.2) is 28.9 Å². The number of rotatable bonds is 3. The van der Waals surface area contributed by atoms with Crippen molar-refractivity contribution in [3.8, 4) is 11.3 Å². The molecule has 0 amide bonds. The van der Waals surface area contributed by atoms with Crippen molar-refractivity contribution < 1.29 is 23.8 Å². The molecule has 1 spiro atoms. The van der Waals surface area contributed by atoms with Gasteiger partial charge in [-0.15, -0.1) is 0 Å². The number of carboxylic acid groups (broad SMARTS) is 1. The van der Waals surface area contributed by atoms with Gasteiger partial charge in [0.05, 0.1) is 31.1 Å². The zero-order chi connectivity index (χ0) is 18.3. The second-order valence-electron chi connectivity index (χ2n) is 6.62. The smallest absolute Gasteiger partial charge is 0.339 e. The predicted octanol–water partition coefficient (Wildman–Crippen LogP) is 4.01. The summed E-state index contributed by atoms with van der Waals surface area (Å²) < 4.78 is 28.3. The number of carbonyl (C=O) groups is 1. The van der Waals surface area contributed by atoms with Gasteiger partial charge in [-0.05, 0) is 31.0 Å². The fourth-order valence-corrected chi connectivity index (χ4v) is 4.15. The third-order valence-electron chi connectivity index (χ3n) is 5.09. The molecule has 1 aliphatic carbocycles. The summed E-state index contributed by atoms with van der Waals surface area (Å²) in [4.78, 5) is 11.6. The van der Waals surface area contributed by atoms with Crippen LogP contribution >= 0.6 is 15.9 Å². The molecule has 0 radical (unpaired) electrons. The second-order valence-corrected chi connectivity index (χ2v) is 7.54. The maximum Gasteiger partial charge on any atom is 0.339 e. The summed E-state index contributed by atoms with van der Waals surface area (Å²) in [5, 5.41) is 13.8. The first-order chi connectivity index (χ1) is 12.5. The molecule has 138 valence electrons. The van der Waals surface area contributed by atoms with Gasteiger partial charge in [-0.3, -0.25) is 4.68 Å². The lowest BCUT2D eigenvalue weighted by Crippen LogP contribution is -2.36. The summed E-state index contributed by atoms with van der Waals surface area (Å²) in [6.45, 7) is 1.20. The van der Waals surface area contributed by atoms with E-state index in [4.69, 9.17) is 9.47 Å². The second kappa shape index (κ2) is 6.75. The normalized spacial score (nSPS) is 19.9. The molecule has 2 fully saturated rings. The zero-order valence-corrected chi connectivity index (χ0v) is 15.5. The van der Waals surface area contributed by atoms with Gasteiger partial charge < -0.3 is 14.6 Å². The fraction of sp³-hybridized carbons (Fsp3) is 0.444. The summed E-state index contributed by atoms with van der Waals surface area (Å²) >= 11 is 3.23. The highest BCUT2D eigenvalue weighted by atomic mass is 79.9. The topological polar surface area (TPSA) is 73.6 Å². The van der Waals surface area contributed by atoms with Crippen LogP contribution in [0.1, 0.15) is 42.1 Å². The molecule has 6 nitrogen and oxygen atoms in total. The van der Waals surface area contributed by atoms with E-state index in [-0.39, 0.29) is 17.2 Å². The van der Waals surface area contributed by atoms with Crippen LogP contribution < -0.4 is 0 Å². The lowest BCUT2D eigenvalue weighted by Gasteiger charge is -2.35. The van der Waals surface area contributed by atoms with Gasteiger partial charge in [0.2, 0.25) is 0 Å². The summed E-state index contributed by atoms with van der Waals surface area (Å²) in [7, 11) is 0. The van der Waals surface area contributed by atoms with Crippen molar-refractivity contribution in [3.63, 3.8) is 0 Å². The molecule has 1 aromatic carbocycles. The molecule has 0 unspecified atom stereocenters. The zero-order valence-electron chi connectivity index (χ0n) is 14.0. The van der Waals surface area contributed by atoms with Gasteiger partial charge in [0.25, 0.3) is 0 Å². The summed E-state index contributed by atoms with van der Waals surface area (Å²) in [5.41, 5.74) is 0.535. The van der Waals surface area contributed by atoms with Crippen molar-refractivity contribution in [3.05, 3.63) is 40.2 Å². The van der Waals surface area contributed by atoms with Crippen LogP contribution in [-0.4, -0.2) is 39.9 Å². The van der Waals surface area contributed by atoms with Gasteiger partial charge in [0.15, 0.2) is 5.79 Å². The first-order valence-electron chi connectivity index (χ1n) is 8.53. The third-order valence-corrected chi connectivity index (χ3v) is 5.58. The molecule has 2 heterocycles. The number of aromatic carboxylic acids is 1. The van der Waals surface area contributed by atoms with E-state index in [0.29, 0.717) is 36.2 Å². The van der Waals surface area contributed by atoms with Crippen molar-refractivity contribution in [1.82, 2.24) is 9.78 Å². The van der Waals surface area contributed by atoms with Crippen molar-refractivity contribution in [1.29, 1.82) is 0 Å². The minimum Gasteiger partial charge on any atom is -0.478 e. The van der Waals surface area contributed by atoms with Gasteiger partial charge in [-0.1, -0.05) is 15.9 Å². The van der Waals surface area contributed by atoms with E-state index in [9.17, 15) is 14.3 Å². The average molecular weight is 425 g/mol. The highest BCUT2D eigenvalue weighted by Crippen LogP contribution is 2.42. The molecule has 0 atom stereocenters. The molecule has 2 aliphatic rings. The Balaban J connectivity index is 1.70. The quantitative estimate of drug-likeness (QED) is 0.805. The SMILES string of the molecule is O=C(O)c1cnn(C2CCC3(CC2)OCCO3)c1-c1ccc(Br)cc1F. The van der Waals surface area contributed by atoms with Gasteiger partial charge in [-0.2, -0.15) is 5.10 Å². The van der Waals surface area contributed by atoms with Crippen LogP contribution in [0.4, 0.5) is 4.39 Å². The maximum atomic E-state index is 14.5. The number of carboxylic acids is 1. The van der Waals surface area contributed by atoms with Crippen molar-refractivity contribution in [2.75, 3.05) is 13.2 Å². The molecule has 2 aromatic rings. The molecule has 1 N–H and O–H groups in total. The Hall–Kier alpha value is -1.77. The molecule has 4 rings (SSSR count). The minimum atomic E-state index is -1.12. The van der Waals surface area contributed by atoms with Crippen LogP contribution in [0.3, 0.4) is 0 Å². The maximum absolute atomic E-state index is 14.5. The van der Waals surface area contributed by atoms with Crippen molar-refractivity contribution in [2.24, 2.45) is 0 Å². The van der Waals surface area contributed by atoms with E-state index in [1.54, 1.807) is 16.8 Å². The molecule has 1 saturated carbocycles. The van der Waals surface area contributed by atoms with Gasteiger partial charge in [0, 0.05) is 22.9 Å². The molecule has 0 bridgehead atoms. The number of aromatic nitrogens is 2. The van der Waals surface area contributed by atoms with Crippen molar-refractivity contribution in [2.45, 2.75) is 37.5 Å². The Morgan fingerprint density at radius 3 is 2.62 bits per heavy atom. The minimum absolute atomic E-state index is 0.000115. The molecule has 1 saturated heterocycles. The number of hydrogen-bond acceptors (Lipinski definition) is 4. The Morgan fingerprint density at radius 2 is 2.00 bits per heavy atom. The van der Waals surface area contributed by atoms with Crippen LogP contribution in [0.2, 0.25) is 0 Å². The predicted molar refractivity (Wildman–Crippen MR) is 94.4 cm³/mol. The average Bonchev–Trinajstić information content (AvgIpc) is 3.23. The number of hydrogen-bond donors (Lipinski definition) is 1. The number of benzene rings is 1. The van der Waals surface area contributed by atoms with E-state index in [1.165, 1.54) is 12.3 Å². The Kier molecular flexibility index (Phi) is 4.58. The molecule has 8 heteroatoms. The first kappa shape index (κ1) is 17.6. The third kappa shape index (κ3) is 3.06. The lowest BCUT2D eigenvalue weighted by atomic mass is 9.89. The Morgan fingerprint density at radius 1 is 1.31 bits per heavy atom. The molecular weight excluding hydrogens is 407 g/mol. The summed E-state index contributed by atoms with van der Waals surface area (Å²) in [5.74, 6) is -2.12. The van der Waals surface area contributed by atoms with Crippen LogP contribution in [0, 0.1) is 5.82 Å². The summed E-state index contributed by atoms with van der Waals surface area (Å²) in [6.07, 6.45) is 4.17. The monoisotopic (exact) mass is 424 g/mol. The Labute approximate surface area is 158 Å². The van der Waals surface area contributed by atoms with Crippen LogP contribution in [0.25, 0.3) is 11.3 Å². The number of nitrogens with zero attached hydrogens (tertiary/aromatic N) is 2. The van der Waals surface area contributed by atoms with E-state index >= 15 is 0 Å². The highest BCUT2D eigenvalue weighted by Gasteiger charge is 2.41. The largest absolute Gasteiger partial charge is 0.478 e. The van der Waals surface area contributed by atoms with Gasteiger partial charge in [-0.25, -0.2) is 9.18 Å². The van der Waals surface area contributed by atoms with E-state index in [0.717, 1.165) is 12.8 Å². The fourth-order valence-electron chi connectivity index (χ4n) is 3.82. The molecule has 1 aromatic heterocycles. The van der Waals surface area contributed by atoms with Crippen molar-refractivity contribution >= 4 is 21.9 Å². The lowest BCUT2D eigenvalue weighted by molar-refractivity contribution is -0.181. The molecular formula is C18H18BrFN2O4. The van der Waals surface area contributed by atoms with E-state index in [2.05, 4.69) is 21.0 Å². The molecule has 26 heavy (non-hydrogen) atoms. The van der Waals surface area contributed by atoms with Gasteiger partial charge >= 0.3 is 5.97 Å². The van der Waals surface area contributed by atoms with Crippen LogP contribution in [0.5, 0.6) is 0 Å². The number of ether oxygens (including phenoxy) is 2. The standard InChI is InChI=1S/C18H18BrFN2O4/c19-11-1-2-13(15(20)9-11)16-14(17(23)24)10-21-22(16)12-3-5-18(6-4-12)25-7-8-26-18/h1-2,9-10,12H,3-8H2,(H,23,24). The van der Waals surface area contributed by atoms with Crippen LogP contribution in [-0.2, 0) is 9.47 Å². The number of halogens is 2. The molecule has 1 aliphatic heterocycles.